The van der Waals surface area contributed by atoms with Crippen LogP contribution < -0.4 is 15.6 Å². The molecule has 0 bridgehead atoms. The number of anilines is 1. The predicted octanol–water partition coefficient (Wildman–Crippen LogP) is 4.35. The molecule has 29 heavy (non-hydrogen) atoms. The number of para-hydroxylation sites is 2. The largest absolute Gasteiger partial charge is 0.495 e. The van der Waals surface area contributed by atoms with Gasteiger partial charge in [0.25, 0.3) is 5.56 Å². The maximum Gasteiger partial charge on any atom is 0.276 e. The molecule has 0 aliphatic carbocycles. The molecule has 1 N–H and O–H groups in total. The number of methoxy groups -OCH3 is 1. The quantitative estimate of drug-likeness (QED) is 0.516. The Bertz CT molecular complexity index is 1260. The summed E-state index contributed by atoms with van der Waals surface area (Å²) in [6.07, 6.45) is 0.800. The SMILES string of the molecule is COc1ccccc1NC(=O)CCCn1nc(C)c2sc3ccccc3c2c1=O. The Morgan fingerprint density at radius 1 is 1.17 bits per heavy atom. The van der Waals surface area contributed by atoms with E-state index in [1.54, 1.807) is 30.6 Å². The number of aromatic nitrogens is 2. The number of benzene rings is 2. The number of nitrogens with zero attached hydrogens (tertiary/aromatic N) is 2. The van der Waals surface area contributed by atoms with Crippen LogP contribution in [0, 0.1) is 6.92 Å². The first-order valence-electron chi connectivity index (χ1n) is 9.40. The predicted molar refractivity (Wildman–Crippen MR) is 117 cm³/mol. The van der Waals surface area contributed by atoms with E-state index in [0.29, 0.717) is 24.4 Å². The van der Waals surface area contributed by atoms with Gasteiger partial charge in [-0.3, -0.25) is 9.59 Å². The van der Waals surface area contributed by atoms with Gasteiger partial charge in [0.05, 0.1) is 28.6 Å². The van der Waals surface area contributed by atoms with Crippen LogP contribution in [0.1, 0.15) is 18.5 Å². The van der Waals surface area contributed by atoms with Crippen LogP contribution in [0.25, 0.3) is 20.2 Å². The third-order valence-corrected chi connectivity index (χ3v) is 6.08. The number of amides is 1. The summed E-state index contributed by atoms with van der Waals surface area (Å²) in [7, 11) is 1.57. The van der Waals surface area contributed by atoms with E-state index in [0.717, 1.165) is 25.9 Å². The highest BCUT2D eigenvalue weighted by molar-refractivity contribution is 7.26. The van der Waals surface area contributed by atoms with Crippen LogP contribution in [0.5, 0.6) is 5.75 Å². The Hall–Kier alpha value is -3.19. The molecular weight excluding hydrogens is 386 g/mol. The first-order chi connectivity index (χ1) is 14.1. The number of thiophene rings is 1. The van der Waals surface area contributed by atoms with Gasteiger partial charge in [0, 0.05) is 23.1 Å². The van der Waals surface area contributed by atoms with Crippen LogP contribution in [0.15, 0.2) is 53.3 Å². The highest BCUT2D eigenvalue weighted by Gasteiger charge is 2.14. The minimum Gasteiger partial charge on any atom is -0.495 e. The molecule has 0 aliphatic heterocycles. The molecule has 2 aromatic heterocycles. The van der Waals surface area contributed by atoms with Crippen LogP contribution in [0.2, 0.25) is 0 Å². The smallest absolute Gasteiger partial charge is 0.276 e. The average molecular weight is 407 g/mol. The molecule has 0 saturated heterocycles. The van der Waals surface area contributed by atoms with Crippen molar-refractivity contribution in [2.24, 2.45) is 0 Å². The fourth-order valence-corrected chi connectivity index (χ4v) is 4.55. The van der Waals surface area contributed by atoms with Gasteiger partial charge in [0.2, 0.25) is 5.91 Å². The topological polar surface area (TPSA) is 73.2 Å². The van der Waals surface area contributed by atoms with Crippen LogP contribution >= 0.6 is 11.3 Å². The number of fused-ring (bicyclic) bond motifs is 3. The Balaban J connectivity index is 1.50. The fourth-order valence-electron chi connectivity index (χ4n) is 3.42. The van der Waals surface area contributed by atoms with Gasteiger partial charge in [-0.15, -0.1) is 11.3 Å². The number of rotatable bonds is 6. The summed E-state index contributed by atoms with van der Waals surface area (Å²) in [5, 5.41) is 9.00. The van der Waals surface area contributed by atoms with Crippen molar-refractivity contribution in [3.8, 4) is 5.75 Å². The second kappa shape index (κ2) is 8.05. The molecule has 0 atom stereocenters. The van der Waals surface area contributed by atoms with Crippen molar-refractivity contribution in [2.45, 2.75) is 26.3 Å². The van der Waals surface area contributed by atoms with Crippen molar-refractivity contribution in [1.82, 2.24) is 9.78 Å². The third kappa shape index (κ3) is 3.73. The third-order valence-electron chi connectivity index (χ3n) is 4.80. The van der Waals surface area contributed by atoms with E-state index in [4.69, 9.17) is 4.74 Å². The lowest BCUT2D eigenvalue weighted by atomic mass is 10.2. The van der Waals surface area contributed by atoms with Gasteiger partial charge >= 0.3 is 0 Å². The molecule has 0 radical (unpaired) electrons. The molecule has 6 nitrogen and oxygen atoms in total. The maximum atomic E-state index is 13.0. The summed E-state index contributed by atoms with van der Waals surface area (Å²) in [4.78, 5) is 25.3. The summed E-state index contributed by atoms with van der Waals surface area (Å²) in [6.45, 7) is 2.31. The number of ether oxygens (including phenoxy) is 1. The van der Waals surface area contributed by atoms with Crippen molar-refractivity contribution in [2.75, 3.05) is 12.4 Å². The average Bonchev–Trinajstić information content (AvgIpc) is 3.12. The van der Waals surface area contributed by atoms with Crippen molar-refractivity contribution in [3.63, 3.8) is 0 Å². The Morgan fingerprint density at radius 3 is 2.76 bits per heavy atom. The van der Waals surface area contributed by atoms with E-state index in [9.17, 15) is 9.59 Å². The molecule has 4 rings (SSSR count). The lowest BCUT2D eigenvalue weighted by Crippen LogP contribution is -2.24. The summed E-state index contributed by atoms with van der Waals surface area (Å²) in [6, 6.07) is 15.2. The lowest BCUT2D eigenvalue weighted by molar-refractivity contribution is -0.116. The molecule has 148 valence electrons. The Morgan fingerprint density at radius 2 is 1.93 bits per heavy atom. The van der Waals surface area contributed by atoms with E-state index >= 15 is 0 Å². The van der Waals surface area contributed by atoms with Crippen molar-refractivity contribution < 1.29 is 9.53 Å². The Kier molecular flexibility index (Phi) is 5.31. The molecule has 0 saturated carbocycles. The molecule has 7 heteroatoms. The number of hydrogen-bond donors (Lipinski definition) is 1. The number of carbonyl (C=O) groups excluding carboxylic acids is 1. The van der Waals surface area contributed by atoms with Crippen molar-refractivity contribution in [3.05, 3.63) is 64.6 Å². The molecule has 0 spiro atoms. The molecular formula is C22H21N3O3S. The normalized spacial score (nSPS) is 11.1. The molecule has 2 heterocycles. The van der Waals surface area contributed by atoms with Crippen molar-refractivity contribution in [1.29, 1.82) is 0 Å². The molecule has 0 aliphatic rings. The second-order valence-electron chi connectivity index (χ2n) is 6.77. The van der Waals surface area contributed by atoms with Gasteiger partial charge in [0.1, 0.15) is 5.75 Å². The number of nitrogens with one attached hydrogen (secondary N) is 1. The van der Waals surface area contributed by atoms with E-state index < -0.39 is 0 Å². The fraction of sp³-hybridized carbons (Fsp3) is 0.227. The van der Waals surface area contributed by atoms with E-state index in [1.165, 1.54) is 4.68 Å². The number of aryl methyl sites for hydroxylation is 2. The molecule has 1 amide bonds. The zero-order chi connectivity index (χ0) is 20.4. The number of carbonyl (C=O) groups is 1. The van der Waals surface area contributed by atoms with Gasteiger partial charge in [-0.2, -0.15) is 5.10 Å². The minimum atomic E-state index is -0.124. The summed E-state index contributed by atoms with van der Waals surface area (Å²) < 4.78 is 8.74. The second-order valence-corrected chi connectivity index (χ2v) is 7.82. The highest BCUT2D eigenvalue weighted by atomic mass is 32.1. The van der Waals surface area contributed by atoms with Crippen LogP contribution in [0.4, 0.5) is 5.69 Å². The Labute approximate surface area is 171 Å². The van der Waals surface area contributed by atoms with Gasteiger partial charge in [-0.1, -0.05) is 30.3 Å². The van der Waals surface area contributed by atoms with Gasteiger partial charge in [-0.25, -0.2) is 4.68 Å². The zero-order valence-electron chi connectivity index (χ0n) is 16.3. The number of hydrogen-bond acceptors (Lipinski definition) is 5. The lowest BCUT2D eigenvalue weighted by Gasteiger charge is -2.10. The standard InChI is InChI=1S/C22H21N3O3S/c1-14-21-20(15-8-3-6-11-18(15)29-21)22(27)25(24-14)13-7-12-19(26)23-16-9-4-5-10-17(16)28-2/h3-6,8-11H,7,12-13H2,1-2H3,(H,23,26). The molecule has 0 unspecified atom stereocenters. The summed E-state index contributed by atoms with van der Waals surface area (Å²) >= 11 is 1.59. The van der Waals surface area contributed by atoms with Gasteiger partial charge in [-0.05, 0) is 31.5 Å². The van der Waals surface area contributed by atoms with Crippen molar-refractivity contribution >= 4 is 43.1 Å². The first-order valence-corrected chi connectivity index (χ1v) is 10.2. The van der Waals surface area contributed by atoms with E-state index in [-0.39, 0.29) is 17.9 Å². The maximum absolute atomic E-state index is 13.0. The van der Waals surface area contributed by atoms with Gasteiger partial charge < -0.3 is 10.1 Å². The molecule has 2 aromatic carbocycles. The van der Waals surface area contributed by atoms with E-state index in [1.807, 2.05) is 43.3 Å². The van der Waals surface area contributed by atoms with E-state index in [2.05, 4.69) is 10.4 Å². The van der Waals surface area contributed by atoms with Gasteiger partial charge in [0.15, 0.2) is 0 Å². The highest BCUT2D eigenvalue weighted by Crippen LogP contribution is 2.32. The summed E-state index contributed by atoms with van der Waals surface area (Å²) in [5.74, 6) is 0.491. The first kappa shape index (κ1) is 19.1. The van der Waals surface area contributed by atoms with Crippen LogP contribution in [-0.2, 0) is 11.3 Å². The zero-order valence-corrected chi connectivity index (χ0v) is 17.1. The monoisotopic (exact) mass is 407 g/mol. The summed E-state index contributed by atoms with van der Waals surface area (Å²) in [5.41, 5.74) is 1.37. The van der Waals surface area contributed by atoms with Crippen LogP contribution in [0.3, 0.4) is 0 Å². The minimum absolute atomic E-state index is 0.104. The molecule has 0 fully saturated rings. The molecule has 4 aromatic rings. The van der Waals surface area contributed by atoms with Crippen LogP contribution in [-0.4, -0.2) is 22.8 Å².